The Morgan fingerprint density at radius 1 is 0.638 bits per heavy atom. The van der Waals surface area contributed by atoms with Crippen molar-refractivity contribution in [2.45, 2.75) is 174 Å². The number of rotatable bonds is 34. The number of carbonyl (C=O) groups is 3. The maximum absolute atomic E-state index is 12.5. The highest BCUT2D eigenvalue weighted by Crippen LogP contribution is 2.43. The van der Waals surface area contributed by atoms with E-state index in [1.807, 2.05) is 0 Å². The average Bonchev–Trinajstić information content (AvgIpc) is 3.04. The second-order valence-electron chi connectivity index (χ2n) is 12.4. The summed E-state index contributed by atoms with van der Waals surface area (Å²) in [6.45, 7) is 2.73. The highest BCUT2D eigenvalue weighted by atomic mass is 31.2. The molecule has 0 radical (unpaired) electrons. The number of unbranched alkanes of at least 4 members (excludes halogenated alkanes) is 18. The topological polar surface area (TPSA) is 172 Å². The average molecular weight is 692 g/mol. The first kappa shape index (κ1) is 45.2. The van der Waals surface area contributed by atoms with Gasteiger partial charge in [-0.05, 0) is 32.1 Å². The molecule has 3 atom stereocenters. The molecule has 0 amide bonds. The summed E-state index contributed by atoms with van der Waals surface area (Å²) in [6, 6.07) is -1.52. The van der Waals surface area contributed by atoms with Crippen LogP contribution in [0.15, 0.2) is 12.2 Å². The van der Waals surface area contributed by atoms with E-state index < -0.39 is 51.1 Å². The van der Waals surface area contributed by atoms with Crippen molar-refractivity contribution >= 4 is 25.7 Å². The van der Waals surface area contributed by atoms with Gasteiger partial charge in [0.1, 0.15) is 12.6 Å². The van der Waals surface area contributed by atoms with Gasteiger partial charge in [0.15, 0.2) is 6.10 Å². The van der Waals surface area contributed by atoms with Crippen LogP contribution < -0.4 is 5.73 Å². The molecular formula is C35H66NO10P. The van der Waals surface area contributed by atoms with Gasteiger partial charge in [0, 0.05) is 12.8 Å². The van der Waals surface area contributed by atoms with E-state index in [4.69, 9.17) is 24.8 Å². The van der Waals surface area contributed by atoms with Crippen molar-refractivity contribution in [2.24, 2.45) is 5.73 Å². The van der Waals surface area contributed by atoms with E-state index in [0.717, 1.165) is 57.8 Å². The molecule has 0 fully saturated rings. The molecule has 1 unspecified atom stereocenters. The number of carboxylic acids is 1. The molecule has 0 saturated heterocycles. The first-order chi connectivity index (χ1) is 22.6. The minimum absolute atomic E-state index is 0.154. The van der Waals surface area contributed by atoms with Gasteiger partial charge in [-0.2, -0.15) is 0 Å². The van der Waals surface area contributed by atoms with Crippen molar-refractivity contribution in [3.63, 3.8) is 0 Å². The summed E-state index contributed by atoms with van der Waals surface area (Å²) in [5, 5.41) is 8.84. The van der Waals surface area contributed by atoms with Crippen molar-refractivity contribution in [2.75, 3.05) is 19.8 Å². The molecule has 4 N–H and O–H groups in total. The van der Waals surface area contributed by atoms with Crippen molar-refractivity contribution in [3.05, 3.63) is 12.2 Å². The molecule has 276 valence electrons. The molecule has 0 aliphatic rings. The minimum atomic E-state index is -4.70. The molecule has 0 bridgehead atoms. The van der Waals surface area contributed by atoms with Crippen LogP contribution in [0.1, 0.15) is 162 Å². The van der Waals surface area contributed by atoms with E-state index in [0.29, 0.717) is 12.8 Å². The molecule has 0 aromatic heterocycles. The van der Waals surface area contributed by atoms with Crippen molar-refractivity contribution < 1.29 is 47.5 Å². The van der Waals surface area contributed by atoms with E-state index >= 15 is 0 Å². The molecule has 0 saturated carbocycles. The van der Waals surface area contributed by atoms with Crippen LogP contribution in [-0.4, -0.2) is 59.9 Å². The lowest BCUT2D eigenvalue weighted by molar-refractivity contribution is -0.161. The number of aliphatic carboxylic acids is 1. The highest BCUT2D eigenvalue weighted by molar-refractivity contribution is 7.47. The zero-order valence-corrected chi connectivity index (χ0v) is 30.3. The summed E-state index contributed by atoms with van der Waals surface area (Å²) in [5.74, 6) is -2.39. The van der Waals surface area contributed by atoms with Crippen molar-refractivity contribution in [3.8, 4) is 0 Å². The molecule has 0 rings (SSSR count). The van der Waals surface area contributed by atoms with Gasteiger partial charge in [-0.1, -0.05) is 129 Å². The number of hydrogen-bond acceptors (Lipinski definition) is 9. The van der Waals surface area contributed by atoms with Crippen molar-refractivity contribution in [1.29, 1.82) is 0 Å². The predicted molar refractivity (Wildman–Crippen MR) is 185 cm³/mol. The third kappa shape index (κ3) is 31.3. The van der Waals surface area contributed by atoms with E-state index in [9.17, 15) is 23.8 Å². The summed E-state index contributed by atoms with van der Waals surface area (Å²) >= 11 is 0. The highest BCUT2D eigenvalue weighted by Gasteiger charge is 2.28. The molecule has 0 aromatic carbocycles. The second-order valence-corrected chi connectivity index (χ2v) is 13.8. The largest absolute Gasteiger partial charge is 0.480 e. The van der Waals surface area contributed by atoms with Crippen molar-refractivity contribution in [1.82, 2.24) is 0 Å². The zero-order chi connectivity index (χ0) is 35.0. The van der Waals surface area contributed by atoms with Crippen LogP contribution >= 0.6 is 7.82 Å². The zero-order valence-electron chi connectivity index (χ0n) is 29.4. The molecule has 0 aliphatic carbocycles. The van der Waals surface area contributed by atoms with Gasteiger partial charge in [0.25, 0.3) is 0 Å². The predicted octanol–water partition coefficient (Wildman–Crippen LogP) is 8.56. The first-order valence-electron chi connectivity index (χ1n) is 18.2. The third-order valence-electron chi connectivity index (χ3n) is 7.76. The number of carboxylic acid groups (broad SMARTS) is 1. The van der Waals surface area contributed by atoms with Gasteiger partial charge in [0.2, 0.25) is 0 Å². The second kappa shape index (κ2) is 31.5. The fourth-order valence-corrected chi connectivity index (χ4v) is 5.59. The Balaban J connectivity index is 4.47. The molecular weight excluding hydrogens is 625 g/mol. The van der Waals surface area contributed by atoms with Gasteiger partial charge in [-0.25, -0.2) is 4.57 Å². The smallest absolute Gasteiger partial charge is 0.472 e. The lowest BCUT2D eigenvalue weighted by atomic mass is 10.0. The number of phosphoric acid groups is 1. The van der Waals surface area contributed by atoms with Gasteiger partial charge in [0.05, 0.1) is 13.2 Å². The number of carbonyl (C=O) groups excluding carboxylic acids is 2. The monoisotopic (exact) mass is 691 g/mol. The van der Waals surface area contributed by atoms with Gasteiger partial charge in [-0.3, -0.25) is 23.4 Å². The maximum Gasteiger partial charge on any atom is 0.472 e. The van der Waals surface area contributed by atoms with E-state index in [1.165, 1.54) is 64.2 Å². The fourth-order valence-electron chi connectivity index (χ4n) is 4.81. The Labute approximate surface area is 284 Å². The minimum Gasteiger partial charge on any atom is -0.480 e. The Morgan fingerprint density at radius 2 is 1.09 bits per heavy atom. The van der Waals surface area contributed by atoms with Crippen LogP contribution in [0.25, 0.3) is 0 Å². The van der Waals surface area contributed by atoms with Crippen LogP contribution in [-0.2, 0) is 37.5 Å². The number of allylic oxidation sites excluding steroid dienone is 2. The molecule has 0 spiro atoms. The van der Waals surface area contributed by atoms with Gasteiger partial charge >= 0.3 is 25.7 Å². The number of ether oxygens (including phenoxy) is 2. The normalized spacial score (nSPS) is 14.1. The Morgan fingerprint density at radius 3 is 1.62 bits per heavy atom. The number of phosphoric ester groups is 1. The summed E-state index contributed by atoms with van der Waals surface area (Å²) in [4.78, 5) is 45.6. The van der Waals surface area contributed by atoms with E-state index in [-0.39, 0.29) is 19.4 Å². The lowest BCUT2D eigenvalue weighted by Gasteiger charge is -2.20. The van der Waals surface area contributed by atoms with Crippen LogP contribution in [0, 0.1) is 0 Å². The molecule has 0 heterocycles. The Hall–Kier alpha value is -1.78. The van der Waals surface area contributed by atoms with Gasteiger partial charge < -0.3 is 25.2 Å². The maximum atomic E-state index is 12.5. The Kier molecular flexibility index (Phi) is 30.3. The van der Waals surface area contributed by atoms with Crippen LogP contribution in [0.2, 0.25) is 0 Å². The molecule has 12 heteroatoms. The Bertz CT molecular complexity index is 869. The molecule has 47 heavy (non-hydrogen) atoms. The first-order valence-corrected chi connectivity index (χ1v) is 19.7. The third-order valence-corrected chi connectivity index (χ3v) is 8.71. The van der Waals surface area contributed by atoms with Gasteiger partial charge in [-0.15, -0.1) is 0 Å². The SMILES string of the molecule is CCCC/C=C/CCCCCCCC(=O)O[C@H](COC(=O)CCCCCCCCCCCCCC)COP(=O)(O)OC[C@H](N)C(=O)O. The van der Waals surface area contributed by atoms with Crippen LogP contribution in [0.5, 0.6) is 0 Å². The van der Waals surface area contributed by atoms with E-state index in [1.54, 1.807) is 0 Å². The number of hydrogen-bond donors (Lipinski definition) is 3. The summed E-state index contributed by atoms with van der Waals surface area (Å²) < 4.78 is 32.5. The summed E-state index contributed by atoms with van der Waals surface area (Å²) in [6.07, 6.45) is 27.2. The molecule has 0 aromatic rings. The summed E-state index contributed by atoms with van der Waals surface area (Å²) in [7, 11) is -4.70. The summed E-state index contributed by atoms with van der Waals surface area (Å²) in [5.41, 5.74) is 5.30. The lowest BCUT2D eigenvalue weighted by Crippen LogP contribution is -2.34. The quantitative estimate of drug-likeness (QED) is 0.0255. The van der Waals surface area contributed by atoms with Crippen LogP contribution in [0.3, 0.4) is 0 Å². The number of esters is 2. The standard InChI is InChI=1S/C35H66NO10P/c1-3-5-7-9-11-13-15-17-18-20-22-24-26-33(37)43-28-31(29-44-47(41,42)45-30-32(36)35(39)40)46-34(38)27-25-23-21-19-16-14-12-10-8-6-4-2/h10,12,31-32H,3-9,11,13-30,36H2,1-2H3,(H,39,40)(H,41,42)/b12-10+/t31-,32+/m1/s1. The number of nitrogens with two attached hydrogens (primary N) is 1. The van der Waals surface area contributed by atoms with E-state index in [2.05, 4.69) is 30.5 Å². The fraction of sp³-hybridized carbons (Fsp3) is 0.857. The molecule has 0 aliphatic heterocycles. The van der Waals surface area contributed by atoms with Crippen LogP contribution in [0.4, 0.5) is 0 Å². The molecule has 11 nitrogen and oxygen atoms in total.